The first-order valence-corrected chi connectivity index (χ1v) is 6.53. The van der Waals surface area contributed by atoms with Crippen molar-refractivity contribution >= 4 is 5.91 Å². The molecule has 1 heterocycles. The second-order valence-electron chi connectivity index (χ2n) is 4.92. The van der Waals surface area contributed by atoms with E-state index in [-0.39, 0.29) is 11.9 Å². The molecule has 0 aliphatic carbocycles. The monoisotopic (exact) mass is 253 g/mol. The van der Waals surface area contributed by atoms with Crippen molar-refractivity contribution in [2.24, 2.45) is 11.7 Å². The van der Waals surface area contributed by atoms with Crippen LogP contribution < -0.4 is 11.1 Å². The maximum atomic E-state index is 11.7. The average molecular weight is 253 g/mol. The van der Waals surface area contributed by atoms with Gasteiger partial charge in [0, 0.05) is 6.54 Å². The van der Waals surface area contributed by atoms with Crippen molar-refractivity contribution in [3.05, 3.63) is 17.8 Å². The summed E-state index contributed by atoms with van der Waals surface area (Å²) in [5, 5.41) is 2.79. The van der Waals surface area contributed by atoms with Crippen LogP contribution in [0.3, 0.4) is 0 Å². The zero-order chi connectivity index (χ0) is 13.5. The van der Waals surface area contributed by atoms with Gasteiger partial charge in [-0.2, -0.15) is 0 Å². The summed E-state index contributed by atoms with van der Waals surface area (Å²) in [4.78, 5) is 15.9. The Balaban J connectivity index is 2.54. The van der Waals surface area contributed by atoms with E-state index in [0.29, 0.717) is 24.0 Å². The molecule has 0 saturated heterocycles. The molecule has 0 fully saturated rings. The Hall–Kier alpha value is -1.36. The number of nitrogens with one attached hydrogen (secondary N) is 1. The third-order valence-corrected chi connectivity index (χ3v) is 2.61. The van der Waals surface area contributed by atoms with E-state index >= 15 is 0 Å². The van der Waals surface area contributed by atoms with Crippen LogP contribution in [0.15, 0.2) is 10.7 Å². The van der Waals surface area contributed by atoms with Crippen LogP contribution in [0.4, 0.5) is 0 Å². The Morgan fingerprint density at radius 3 is 2.89 bits per heavy atom. The molecule has 1 atom stereocenters. The summed E-state index contributed by atoms with van der Waals surface area (Å²) in [6.07, 6.45) is 4.30. The van der Waals surface area contributed by atoms with E-state index < -0.39 is 0 Å². The van der Waals surface area contributed by atoms with Crippen molar-refractivity contribution in [3.8, 4) is 0 Å². The van der Waals surface area contributed by atoms with Crippen molar-refractivity contribution in [1.29, 1.82) is 0 Å². The first-order chi connectivity index (χ1) is 8.54. The molecule has 0 radical (unpaired) electrons. The number of amides is 1. The Morgan fingerprint density at radius 1 is 1.56 bits per heavy atom. The minimum Gasteiger partial charge on any atom is -0.446 e. The number of rotatable bonds is 7. The number of hydrogen-bond donors (Lipinski definition) is 2. The summed E-state index contributed by atoms with van der Waals surface area (Å²) in [6, 6.07) is -0.225. The second-order valence-corrected chi connectivity index (χ2v) is 4.92. The van der Waals surface area contributed by atoms with Gasteiger partial charge in [-0.1, -0.05) is 33.6 Å². The van der Waals surface area contributed by atoms with E-state index in [1.165, 1.54) is 6.26 Å². The van der Waals surface area contributed by atoms with Gasteiger partial charge in [-0.05, 0) is 12.3 Å². The minimum atomic E-state index is -0.225. The van der Waals surface area contributed by atoms with Crippen molar-refractivity contribution < 1.29 is 9.21 Å². The van der Waals surface area contributed by atoms with Crippen LogP contribution in [0, 0.1) is 5.92 Å². The fourth-order valence-corrected chi connectivity index (χ4v) is 1.50. The molecule has 0 saturated carbocycles. The summed E-state index contributed by atoms with van der Waals surface area (Å²) in [6.45, 7) is 6.81. The van der Waals surface area contributed by atoms with Gasteiger partial charge in [0.05, 0.1) is 6.04 Å². The molecule has 1 unspecified atom stereocenters. The average Bonchev–Trinajstić information content (AvgIpc) is 2.82. The highest BCUT2D eigenvalue weighted by atomic mass is 16.3. The topological polar surface area (TPSA) is 81.1 Å². The number of hydrogen-bond acceptors (Lipinski definition) is 4. The highest BCUT2D eigenvalue weighted by Crippen LogP contribution is 2.16. The lowest BCUT2D eigenvalue weighted by atomic mass is 10.1. The zero-order valence-electron chi connectivity index (χ0n) is 11.4. The van der Waals surface area contributed by atoms with Crippen LogP contribution in [-0.2, 0) is 0 Å². The van der Waals surface area contributed by atoms with Gasteiger partial charge in [0.25, 0.3) is 5.91 Å². The fraction of sp³-hybridized carbons (Fsp3) is 0.692. The molecule has 3 N–H and O–H groups in total. The molecule has 5 heteroatoms. The van der Waals surface area contributed by atoms with Crippen LogP contribution in [0.1, 0.15) is 62.5 Å². The van der Waals surface area contributed by atoms with Gasteiger partial charge in [-0.15, -0.1) is 0 Å². The molecule has 1 aromatic heterocycles. The summed E-state index contributed by atoms with van der Waals surface area (Å²) in [7, 11) is 0. The normalized spacial score (nSPS) is 12.7. The van der Waals surface area contributed by atoms with Gasteiger partial charge in [0.1, 0.15) is 6.26 Å². The number of carbonyl (C=O) groups excluding carboxylic acids is 1. The summed E-state index contributed by atoms with van der Waals surface area (Å²) < 4.78 is 5.25. The van der Waals surface area contributed by atoms with E-state index in [2.05, 4.69) is 17.2 Å². The Morgan fingerprint density at radius 2 is 2.28 bits per heavy atom. The first-order valence-electron chi connectivity index (χ1n) is 6.53. The van der Waals surface area contributed by atoms with Gasteiger partial charge in [-0.3, -0.25) is 4.79 Å². The lowest BCUT2D eigenvalue weighted by molar-refractivity contribution is 0.0944. The Bertz CT molecular complexity index is 374. The standard InChI is InChI=1S/C13H23N3O2/c1-4-5-6-10(14)13-16-11(8-18-13)12(17)15-7-9(2)3/h8-10H,4-7,14H2,1-3H3,(H,15,17). The summed E-state index contributed by atoms with van der Waals surface area (Å²) >= 11 is 0. The molecule has 1 amide bonds. The molecule has 18 heavy (non-hydrogen) atoms. The fourth-order valence-electron chi connectivity index (χ4n) is 1.50. The number of aromatic nitrogens is 1. The molecule has 0 spiro atoms. The zero-order valence-corrected chi connectivity index (χ0v) is 11.4. The molecule has 0 aromatic carbocycles. The number of carbonyl (C=O) groups is 1. The van der Waals surface area contributed by atoms with Crippen molar-refractivity contribution in [3.63, 3.8) is 0 Å². The van der Waals surface area contributed by atoms with E-state index in [0.717, 1.165) is 19.3 Å². The lowest BCUT2D eigenvalue weighted by Crippen LogP contribution is -2.27. The Labute approximate surface area is 108 Å². The van der Waals surface area contributed by atoms with Crippen LogP contribution in [0.2, 0.25) is 0 Å². The lowest BCUT2D eigenvalue weighted by Gasteiger charge is -2.06. The maximum Gasteiger partial charge on any atom is 0.273 e. The molecule has 5 nitrogen and oxygen atoms in total. The molecule has 0 aliphatic rings. The smallest absolute Gasteiger partial charge is 0.273 e. The molecule has 0 bridgehead atoms. The molecule has 102 valence electrons. The number of oxazole rings is 1. The highest BCUT2D eigenvalue weighted by molar-refractivity contribution is 5.91. The van der Waals surface area contributed by atoms with E-state index in [1.54, 1.807) is 0 Å². The predicted molar refractivity (Wildman–Crippen MR) is 70.1 cm³/mol. The SMILES string of the molecule is CCCCC(N)c1nc(C(=O)NCC(C)C)co1. The first kappa shape index (κ1) is 14.7. The van der Waals surface area contributed by atoms with Crippen molar-refractivity contribution in [2.45, 2.75) is 46.1 Å². The third-order valence-electron chi connectivity index (χ3n) is 2.61. The van der Waals surface area contributed by atoms with Crippen molar-refractivity contribution in [1.82, 2.24) is 10.3 Å². The van der Waals surface area contributed by atoms with Gasteiger partial charge in [0.2, 0.25) is 5.89 Å². The maximum absolute atomic E-state index is 11.7. The van der Waals surface area contributed by atoms with Gasteiger partial charge in [0.15, 0.2) is 5.69 Å². The molecular formula is C13H23N3O2. The molecule has 0 aliphatic heterocycles. The quantitative estimate of drug-likeness (QED) is 0.781. The van der Waals surface area contributed by atoms with Crippen molar-refractivity contribution in [2.75, 3.05) is 6.54 Å². The van der Waals surface area contributed by atoms with Crippen LogP contribution >= 0.6 is 0 Å². The predicted octanol–water partition coefficient (Wildman–Crippen LogP) is 2.25. The summed E-state index contributed by atoms with van der Waals surface area (Å²) in [5.41, 5.74) is 6.23. The van der Waals surface area contributed by atoms with Gasteiger partial charge >= 0.3 is 0 Å². The largest absolute Gasteiger partial charge is 0.446 e. The van der Waals surface area contributed by atoms with E-state index in [4.69, 9.17) is 10.2 Å². The van der Waals surface area contributed by atoms with Gasteiger partial charge in [-0.25, -0.2) is 4.98 Å². The van der Waals surface area contributed by atoms with Crippen LogP contribution in [0.25, 0.3) is 0 Å². The summed E-state index contributed by atoms with van der Waals surface area (Å²) in [5.74, 6) is 0.645. The minimum absolute atomic E-state index is 0.207. The molecule has 1 aromatic rings. The van der Waals surface area contributed by atoms with E-state index in [9.17, 15) is 4.79 Å². The molecular weight excluding hydrogens is 230 g/mol. The Kier molecular flexibility index (Phi) is 5.85. The van der Waals surface area contributed by atoms with E-state index in [1.807, 2.05) is 13.8 Å². The second kappa shape index (κ2) is 7.16. The number of unbranched alkanes of at least 4 members (excludes halogenated alkanes) is 1. The van der Waals surface area contributed by atoms with Gasteiger partial charge < -0.3 is 15.5 Å². The molecule has 1 rings (SSSR count). The van der Waals surface area contributed by atoms with Crippen LogP contribution in [0.5, 0.6) is 0 Å². The number of nitrogens with two attached hydrogens (primary N) is 1. The third kappa shape index (κ3) is 4.49. The highest BCUT2D eigenvalue weighted by Gasteiger charge is 2.16. The number of nitrogens with zero attached hydrogens (tertiary/aromatic N) is 1. The van der Waals surface area contributed by atoms with Crippen LogP contribution in [-0.4, -0.2) is 17.4 Å².